The number of nitrogens with one attached hydrogen (secondary N) is 2. The molecule has 0 aliphatic carbocycles. The van der Waals surface area contributed by atoms with Crippen LogP contribution in [0.2, 0.25) is 0 Å². The minimum absolute atomic E-state index is 0.0302. The van der Waals surface area contributed by atoms with Crippen LogP contribution >= 0.6 is 31.9 Å². The lowest BCUT2D eigenvalue weighted by Crippen LogP contribution is -2.36. The fraction of sp³-hybridized carbons (Fsp3) is 0.389. The molecule has 1 aliphatic heterocycles. The van der Waals surface area contributed by atoms with Gasteiger partial charge in [-0.1, -0.05) is 22.0 Å². The molecule has 6 nitrogen and oxygen atoms in total. The minimum Gasteiger partial charge on any atom is -0.463 e. The molecule has 1 saturated heterocycles. The van der Waals surface area contributed by atoms with Crippen molar-refractivity contribution in [2.24, 2.45) is 5.92 Å². The zero-order chi connectivity index (χ0) is 19.1. The van der Waals surface area contributed by atoms with Crippen molar-refractivity contribution in [2.75, 3.05) is 13.2 Å². The van der Waals surface area contributed by atoms with Crippen LogP contribution in [0.15, 0.2) is 39.3 Å². The maximum absolute atomic E-state index is 12.6. The quantitative estimate of drug-likeness (QED) is 0.457. The molecule has 0 bridgehead atoms. The molecule has 8 heteroatoms. The lowest BCUT2D eigenvalue weighted by molar-refractivity contribution is -0.137. The van der Waals surface area contributed by atoms with Crippen molar-refractivity contribution in [1.82, 2.24) is 10.6 Å². The summed E-state index contributed by atoms with van der Waals surface area (Å²) < 4.78 is 6.31. The molecule has 1 aliphatic rings. The van der Waals surface area contributed by atoms with Crippen molar-refractivity contribution in [3.63, 3.8) is 0 Å². The Morgan fingerprint density at radius 3 is 2.85 bits per heavy atom. The highest BCUT2D eigenvalue weighted by atomic mass is 79.9. The molecule has 1 aromatic rings. The van der Waals surface area contributed by atoms with Crippen LogP contribution in [-0.4, -0.2) is 37.0 Å². The second-order valence-electron chi connectivity index (χ2n) is 5.83. The SMILES string of the molecule is CCOC(=O)/C=C/[C@H](C[C@@H]1CCNC1=O)NC(=O)c1cc(Br)ccc1Br. The van der Waals surface area contributed by atoms with E-state index in [0.29, 0.717) is 29.4 Å². The Balaban J connectivity index is 2.13. The Labute approximate surface area is 169 Å². The van der Waals surface area contributed by atoms with Crippen LogP contribution in [0, 0.1) is 5.92 Å². The first-order chi connectivity index (χ1) is 12.4. The standard InChI is InChI=1S/C18H20Br2N2O4/c1-2-26-16(23)6-4-13(9-11-7-8-21-17(11)24)22-18(25)14-10-12(19)3-5-15(14)20/h3-6,10-11,13H,2,7-9H2,1H3,(H,21,24)(H,22,25)/b6-4+/t11-,13+/m0/s1. The molecule has 2 rings (SSSR count). The van der Waals surface area contributed by atoms with E-state index in [9.17, 15) is 14.4 Å². The Hall–Kier alpha value is -1.67. The largest absolute Gasteiger partial charge is 0.463 e. The lowest BCUT2D eigenvalue weighted by Gasteiger charge is -2.18. The molecule has 1 heterocycles. The summed E-state index contributed by atoms with van der Waals surface area (Å²) in [5.41, 5.74) is 0.463. The van der Waals surface area contributed by atoms with Gasteiger partial charge in [-0.3, -0.25) is 9.59 Å². The first kappa shape index (κ1) is 20.6. The molecule has 2 amide bonds. The van der Waals surface area contributed by atoms with Gasteiger partial charge in [0.2, 0.25) is 5.91 Å². The molecule has 140 valence electrons. The van der Waals surface area contributed by atoms with Gasteiger partial charge in [0.25, 0.3) is 5.91 Å². The molecule has 0 aromatic heterocycles. The van der Waals surface area contributed by atoms with E-state index in [1.807, 2.05) is 6.07 Å². The van der Waals surface area contributed by atoms with E-state index in [-0.39, 0.29) is 24.3 Å². The number of amides is 2. The lowest BCUT2D eigenvalue weighted by atomic mass is 9.97. The number of carbonyl (C=O) groups excluding carboxylic acids is 3. The Kier molecular flexibility index (Phi) is 7.84. The van der Waals surface area contributed by atoms with E-state index < -0.39 is 12.0 Å². The highest BCUT2D eigenvalue weighted by molar-refractivity contribution is 9.11. The molecule has 1 fully saturated rings. The van der Waals surface area contributed by atoms with Crippen LogP contribution in [0.25, 0.3) is 0 Å². The third kappa shape index (κ3) is 5.95. The van der Waals surface area contributed by atoms with Crippen molar-refractivity contribution in [2.45, 2.75) is 25.8 Å². The van der Waals surface area contributed by atoms with Gasteiger partial charge in [0.1, 0.15) is 0 Å². The second-order valence-corrected chi connectivity index (χ2v) is 7.60. The topological polar surface area (TPSA) is 84.5 Å². The van der Waals surface area contributed by atoms with Gasteiger partial charge >= 0.3 is 5.97 Å². The van der Waals surface area contributed by atoms with E-state index in [1.165, 1.54) is 6.08 Å². The van der Waals surface area contributed by atoms with Crippen LogP contribution in [-0.2, 0) is 14.3 Å². The molecule has 0 saturated carbocycles. The monoisotopic (exact) mass is 486 g/mol. The summed E-state index contributed by atoms with van der Waals surface area (Å²) in [5, 5.41) is 5.66. The van der Waals surface area contributed by atoms with Crippen LogP contribution in [0.3, 0.4) is 0 Å². The predicted molar refractivity (Wildman–Crippen MR) is 105 cm³/mol. The number of ether oxygens (including phenoxy) is 1. The summed E-state index contributed by atoms with van der Waals surface area (Å²) in [6, 6.07) is 4.83. The Bertz CT molecular complexity index is 721. The van der Waals surface area contributed by atoms with Crippen LogP contribution in [0.4, 0.5) is 0 Å². The average molecular weight is 488 g/mol. The molecule has 1 aromatic carbocycles. The second kappa shape index (κ2) is 9.87. The summed E-state index contributed by atoms with van der Waals surface area (Å²) in [4.78, 5) is 36.1. The molecule has 26 heavy (non-hydrogen) atoms. The number of hydrogen-bond donors (Lipinski definition) is 2. The van der Waals surface area contributed by atoms with E-state index in [2.05, 4.69) is 42.5 Å². The summed E-state index contributed by atoms with van der Waals surface area (Å²) in [6.45, 7) is 2.62. The zero-order valence-electron chi connectivity index (χ0n) is 14.3. The first-order valence-electron chi connectivity index (χ1n) is 8.29. The zero-order valence-corrected chi connectivity index (χ0v) is 17.4. The van der Waals surface area contributed by atoms with Crippen molar-refractivity contribution < 1.29 is 19.1 Å². The summed E-state index contributed by atoms with van der Waals surface area (Å²) in [6.07, 6.45) is 3.99. The fourth-order valence-electron chi connectivity index (χ4n) is 2.66. The number of benzene rings is 1. The van der Waals surface area contributed by atoms with Gasteiger partial charge in [-0.15, -0.1) is 0 Å². The van der Waals surface area contributed by atoms with Gasteiger partial charge in [-0.2, -0.15) is 0 Å². The summed E-state index contributed by atoms with van der Waals surface area (Å²) in [7, 11) is 0. The molecule has 2 atom stereocenters. The van der Waals surface area contributed by atoms with Crippen LogP contribution in [0.1, 0.15) is 30.1 Å². The maximum atomic E-state index is 12.6. The first-order valence-corrected chi connectivity index (χ1v) is 9.88. The number of esters is 1. The number of halogens is 2. The molecular weight excluding hydrogens is 468 g/mol. The molecule has 2 N–H and O–H groups in total. The van der Waals surface area contributed by atoms with Crippen molar-refractivity contribution in [1.29, 1.82) is 0 Å². The minimum atomic E-state index is -0.480. The smallest absolute Gasteiger partial charge is 0.330 e. The van der Waals surface area contributed by atoms with Gasteiger partial charge in [-0.05, 0) is 53.9 Å². The van der Waals surface area contributed by atoms with Crippen molar-refractivity contribution >= 4 is 49.6 Å². The third-order valence-corrected chi connectivity index (χ3v) is 5.13. The predicted octanol–water partition coefficient (Wildman–Crippen LogP) is 2.96. The van der Waals surface area contributed by atoms with Gasteiger partial charge in [0, 0.05) is 33.5 Å². The normalized spacial score (nSPS) is 17.8. The van der Waals surface area contributed by atoms with E-state index >= 15 is 0 Å². The molecular formula is C18H20Br2N2O4. The van der Waals surface area contributed by atoms with E-state index in [1.54, 1.807) is 25.1 Å². The van der Waals surface area contributed by atoms with Crippen LogP contribution in [0.5, 0.6) is 0 Å². The summed E-state index contributed by atoms with van der Waals surface area (Å²) >= 11 is 6.71. The van der Waals surface area contributed by atoms with E-state index in [4.69, 9.17) is 4.74 Å². The van der Waals surface area contributed by atoms with Crippen molar-refractivity contribution in [3.8, 4) is 0 Å². The molecule has 0 unspecified atom stereocenters. The van der Waals surface area contributed by atoms with Crippen LogP contribution < -0.4 is 10.6 Å². The number of rotatable bonds is 7. The highest BCUT2D eigenvalue weighted by Gasteiger charge is 2.27. The van der Waals surface area contributed by atoms with Gasteiger partial charge in [0.05, 0.1) is 12.2 Å². The van der Waals surface area contributed by atoms with Gasteiger partial charge in [-0.25, -0.2) is 4.79 Å². The maximum Gasteiger partial charge on any atom is 0.330 e. The molecule has 0 radical (unpaired) electrons. The van der Waals surface area contributed by atoms with Gasteiger partial charge < -0.3 is 15.4 Å². The Morgan fingerprint density at radius 1 is 1.42 bits per heavy atom. The van der Waals surface area contributed by atoms with Gasteiger partial charge in [0.15, 0.2) is 0 Å². The summed E-state index contributed by atoms with van der Waals surface area (Å²) in [5.74, 6) is -1.00. The van der Waals surface area contributed by atoms with E-state index in [0.717, 1.165) is 4.47 Å². The van der Waals surface area contributed by atoms with Crippen molar-refractivity contribution in [3.05, 3.63) is 44.9 Å². The highest BCUT2D eigenvalue weighted by Crippen LogP contribution is 2.22. The Morgan fingerprint density at radius 2 is 2.19 bits per heavy atom. The fourth-order valence-corrected chi connectivity index (χ4v) is 3.45. The molecule has 0 spiro atoms. The number of carbonyl (C=O) groups is 3. The number of hydrogen-bond acceptors (Lipinski definition) is 4. The third-order valence-electron chi connectivity index (χ3n) is 3.94. The average Bonchev–Trinajstić information content (AvgIpc) is 3.00.